The Morgan fingerprint density at radius 1 is 1.16 bits per heavy atom. The molecule has 0 saturated carbocycles. The highest BCUT2D eigenvalue weighted by atomic mass is 16.4. The smallest absolute Gasteiger partial charge is 0.303 e. The highest BCUT2D eigenvalue weighted by Gasteiger charge is 2.20. The van der Waals surface area contributed by atoms with Crippen LogP contribution in [-0.2, 0) is 4.79 Å². The van der Waals surface area contributed by atoms with E-state index in [1.54, 1.807) is 0 Å². The molecule has 1 atom stereocenters. The summed E-state index contributed by atoms with van der Waals surface area (Å²) in [6, 6.07) is 4.46. The minimum Gasteiger partial charge on any atom is -0.481 e. The van der Waals surface area contributed by atoms with Crippen molar-refractivity contribution in [2.45, 2.75) is 59.8 Å². The van der Waals surface area contributed by atoms with Crippen molar-refractivity contribution in [3.63, 3.8) is 0 Å². The third kappa shape index (κ3) is 4.38. The van der Waals surface area contributed by atoms with Crippen LogP contribution in [0.4, 0.5) is 0 Å². The predicted molar refractivity (Wildman–Crippen MR) is 79.7 cm³/mol. The number of carboxylic acids is 1. The van der Waals surface area contributed by atoms with Gasteiger partial charge in [-0.25, -0.2) is 0 Å². The minimum absolute atomic E-state index is 0.271. The Morgan fingerprint density at radius 3 is 2.11 bits per heavy atom. The first-order valence-corrected chi connectivity index (χ1v) is 7.12. The molecule has 1 unspecified atom stereocenters. The van der Waals surface area contributed by atoms with Crippen molar-refractivity contribution in [3.05, 3.63) is 34.4 Å². The highest BCUT2D eigenvalue weighted by molar-refractivity contribution is 5.66. The van der Waals surface area contributed by atoms with Crippen molar-refractivity contribution in [2.24, 2.45) is 5.92 Å². The topological polar surface area (TPSA) is 37.3 Å². The molecule has 0 radical (unpaired) electrons. The predicted octanol–water partition coefficient (Wildman–Crippen LogP) is 4.61. The summed E-state index contributed by atoms with van der Waals surface area (Å²) in [7, 11) is 0. The van der Waals surface area contributed by atoms with Gasteiger partial charge in [0.1, 0.15) is 0 Å². The van der Waals surface area contributed by atoms with E-state index in [1.165, 1.54) is 22.3 Å². The Bertz CT molecular complexity index is 424. The van der Waals surface area contributed by atoms with Crippen LogP contribution in [0.1, 0.15) is 61.3 Å². The number of aliphatic carboxylic acids is 1. The number of carbonyl (C=O) groups is 1. The molecule has 0 spiro atoms. The quantitative estimate of drug-likeness (QED) is 0.813. The zero-order chi connectivity index (χ0) is 14.6. The largest absolute Gasteiger partial charge is 0.481 e. The van der Waals surface area contributed by atoms with Crippen LogP contribution < -0.4 is 0 Å². The van der Waals surface area contributed by atoms with Gasteiger partial charge in [-0.15, -0.1) is 0 Å². The van der Waals surface area contributed by atoms with Crippen LogP contribution in [0, 0.1) is 26.7 Å². The monoisotopic (exact) mass is 262 g/mol. The van der Waals surface area contributed by atoms with Gasteiger partial charge < -0.3 is 5.11 Å². The number of hydrogen-bond acceptors (Lipinski definition) is 1. The molecule has 2 nitrogen and oxygen atoms in total. The van der Waals surface area contributed by atoms with Crippen LogP contribution >= 0.6 is 0 Å². The summed E-state index contributed by atoms with van der Waals surface area (Å²) in [6.07, 6.45) is 1.98. The van der Waals surface area contributed by atoms with Gasteiger partial charge in [-0.2, -0.15) is 0 Å². The summed E-state index contributed by atoms with van der Waals surface area (Å²) in [6.45, 7) is 10.9. The fourth-order valence-electron chi connectivity index (χ4n) is 3.06. The number of benzene rings is 1. The van der Waals surface area contributed by atoms with Crippen molar-refractivity contribution < 1.29 is 9.90 Å². The second-order valence-corrected chi connectivity index (χ2v) is 5.95. The molecule has 0 saturated heterocycles. The maximum atomic E-state index is 10.7. The van der Waals surface area contributed by atoms with Gasteiger partial charge in [-0.3, -0.25) is 4.79 Å². The Kier molecular flexibility index (Phi) is 5.59. The van der Waals surface area contributed by atoms with Crippen LogP contribution in [0.2, 0.25) is 0 Å². The van der Waals surface area contributed by atoms with E-state index in [1.807, 2.05) is 0 Å². The molecule has 0 aliphatic rings. The van der Waals surface area contributed by atoms with Gasteiger partial charge in [-0.1, -0.05) is 31.5 Å². The number of carboxylic acid groups (broad SMARTS) is 1. The van der Waals surface area contributed by atoms with E-state index in [9.17, 15) is 4.79 Å². The van der Waals surface area contributed by atoms with Gasteiger partial charge in [0.25, 0.3) is 0 Å². The third-order valence-corrected chi connectivity index (χ3v) is 3.82. The standard InChI is InChI=1S/C17H26O2/c1-11(2)15(7-6-8-16(18)19)17-13(4)9-12(3)10-14(17)5/h9-11,15H,6-8H2,1-5H3,(H,18,19). The lowest BCUT2D eigenvalue weighted by Gasteiger charge is -2.25. The number of aryl methyl sites for hydroxylation is 3. The molecule has 106 valence electrons. The minimum atomic E-state index is -0.695. The second kappa shape index (κ2) is 6.74. The molecule has 1 aromatic carbocycles. The summed E-state index contributed by atoms with van der Waals surface area (Å²) in [5.41, 5.74) is 5.40. The van der Waals surface area contributed by atoms with Crippen molar-refractivity contribution >= 4 is 5.97 Å². The average Bonchev–Trinajstić information content (AvgIpc) is 2.24. The Morgan fingerprint density at radius 2 is 1.68 bits per heavy atom. The molecular weight excluding hydrogens is 236 g/mol. The lowest BCUT2D eigenvalue weighted by atomic mass is 9.80. The summed E-state index contributed by atoms with van der Waals surface area (Å²) >= 11 is 0. The first-order valence-electron chi connectivity index (χ1n) is 7.12. The maximum absolute atomic E-state index is 10.7. The molecule has 0 aromatic heterocycles. The van der Waals surface area contributed by atoms with Gasteiger partial charge in [0, 0.05) is 6.42 Å². The second-order valence-electron chi connectivity index (χ2n) is 5.95. The van der Waals surface area contributed by atoms with Gasteiger partial charge in [-0.05, 0) is 62.1 Å². The van der Waals surface area contributed by atoms with Crippen LogP contribution in [0.25, 0.3) is 0 Å². The number of hydrogen-bond donors (Lipinski definition) is 1. The molecule has 1 N–H and O–H groups in total. The summed E-state index contributed by atoms with van der Waals surface area (Å²) in [5, 5.41) is 8.78. The number of rotatable bonds is 6. The molecule has 1 aromatic rings. The fraction of sp³-hybridized carbons (Fsp3) is 0.588. The van der Waals surface area contributed by atoms with E-state index < -0.39 is 5.97 Å². The first kappa shape index (κ1) is 15.7. The fourth-order valence-corrected chi connectivity index (χ4v) is 3.06. The molecule has 1 rings (SSSR count). The lowest BCUT2D eigenvalue weighted by molar-refractivity contribution is -0.137. The summed E-state index contributed by atoms with van der Waals surface area (Å²) in [5.74, 6) is 0.300. The van der Waals surface area contributed by atoms with E-state index in [0.29, 0.717) is 11.8 Å². The van der Waals surface area contributed by atoms with Crippen molar-refractivity contribution in [1.29, 1.82) is 0 Å². The SMILES string of the molecule is Cc1cc(C)c(C(CCCC(=O)O)C(C)C)c(C)c1. The van der Waals surface area contributed by atoms with E-state index in [2.05, 4.69) is 46.8 Å². The molecule has 0 aliphatic heterocycles. The van der Waals surface area contributed by atoms with Crippen LogP contribution in [0.15, 0.2) is 12.1 Å². The Hall–Kier alpha value is -1.31. The van der Waals surface area contributed by atoms with Crippen molar-refractivity contribution in [3.8, 4) is 0 Å². The van der Waals surface area contributed by atoms with Gasteiger partial charge in [0.15, 0.2) is 0 Å². The first-order chi connectivity index (χ1) is 8.82. The van der Waals surface area contributed by atoms with E-state index in [0.717, 1.165) is 12.8 Å². The molecule has 2 heteroatoms. The summed E-state index contributed by atoms with van der Waals surface area (Å²) < 4.78 is 0. The van der Waals surface area contributed by atoms with Gasteiger partial charge in [0.05, 0.1) is 0 Å². The Labute approximate surface area is 116 Å². The average molecular weight is 262 g/mol. The molecule has 0 fully saturated rings. The van der Waals surface area contributed by atoms with Crippen LogP contribution in [-0.4, -0.2) is 11.1 Å². The Balaban J connectivity index is 2.96. The molecule has 0 heterocycles. The van der Waals surface area contributed by atoms with Crippen LogP contribution in [0.3, 0.4) is 0 Å². The third-order valence-electron chi connectivity index (χ3n) is 3.82. The zero-order valence-corrected chi connectivity index (χ0v) is 12.8. The zero-order valence-electron chi connectivity index (χ0n) is 12.8. The maximum Gasteiger partial charge on any atom is 0.303 e. The van der Waals surface area contributed by atoms with Gasteiger partial charge >= 0.3 is 5.97 Å². The molecule has 19 heavy (non-hydrogen) atoms. The highest BCUT2D eigenvalue weighted by Crippen LogP contribution is 2.34. The normalized spacial score (nSPS) is 12.7. The van der Waals surface area contributed by atoms with E-state index in [-0.39, 0.29) is 6.42 Å². The van der Waals surface area contributed by atoms with Gasteiger partial charge in [0.2, 0.25) is 0 Å². The van der Waals surface area contributed by atoms with Crippen LogP contribution in [0.5, 0.6) is 0 Å². The lowest BCUT2D eigenvalue weighted by Crippen LogP contribution is -2.11. The molecule has 0 aliphatic carbocycles. The molecule has 0 bridgehead atoms. The summed E-state index contributed by atoms with van der Waals surface area (Å²) in [4.78, 5) is 10.7. The van der Waals surface area contributed by atoms with E-state index in [4.69, 9.17) is 5.11 Å². The van der Waals surface area contributed by atoms with E-state index >= 15 is 0 Å². The van der Waals surface area contributed by atoms with Crippen molar-refractivity contribution in [2.75, 3.05) is 0 Å². The molecular formula is C17H26O2. The molecule has 0 amide bonds. The van der Waals surface area contributed by atoms with Crippen molar-refractivity contribution in [1.82, 2.24) is 0 Å².